The molecule has 0 bridgehead atoms. The molecule has 5 aromatic rings. The lowest BCUT2D eigenvalue weighted by Crippen LogP contribution is -2.33. The van der Waals surface area contributed by atoms with Crippen LogP contribution in [0.3, 0.4) is 0 Å². The van der Waals surface area contributed by atoms with Crippen LogP contribution in [-0.4, -0.2) is 6.16 Å². The molecule has 0 aliphatic carbocycles. The van der Waals surface area contributed by atoms with Gasteiger partial charge in [-0.05, 0) is 59.2 Å². The van der Waals surface area contributed by atoms with Gasteiger partial charge in [-0.2, -0.15) is 0 Å². The van der Waals surface area contributed by atoms with Crippen molar-refractivity contribution in [3.05, 3.63) is 163 Å². The first-order chi connectivity index (χ1) is 16.9. The van der Waals surface area contributed by atoms with Crippen molar-refractivity contribution < 1.29 is 0 Å². The van der Waals surface area contributed by atoms with Gasteiger partial charge in [0.15, 0.2) is 0 Å². The molecule has 0 fully saturated rings. The molecule has 0 heterocycles. The van der Waals surface area contributed by atoms with E-state index in [1.807, 2.05) is 0 Å². The largest absolute Gasteiger partial charge is 0.116 e. The lowest BCUT2D eigenvalue weighted by atomic mass is 10.0. The van der Waals surface area contributed by atoms with Crippen molar-refractivity contribution in [2.45, 2.75) is 0 Å². The van der Waals surface area contributed by atoms with Gasteiger partial charge in [-0.25, -0.2) is 0 Å². The van der Waals surface area contributed by atoms with Crippen LogP contribution in [-0.2, 0) is 0 Å². The zero-order valence-corrected chi connectivity index (χ0v) is 20.1. The van der Waals surface area contributed by atoms with Gasteiger partial charge >= 0.3 is 0 Å². The van der Waals surface area contributed by atoms with Gasteiger partial charge in [0.1, 0.15) is 23.2 Å². The Morgan fingerprint density at radius 2 is 0.794 bits per heavy atom. The molecule has 0 spiro atoms. The fourth-order valence-electron chi connectivity index (χ4n) is 4.65. The number of hydrogen-bond acceptors (Lipinski definition) is 0. The molecular weight excluding hydrogens is 427 g/mol. The third kappa shape index (κ3) is 4.65. The highest BCUT2D eigenvalue weighted by Gasteiger charge is 2.46. The molecule has 0 nitrogen and oxygen atoms in total. The van der Waals surface area contributed by atoms with Crippen LogP contribution in [0.2, 0.25) is 0 Å². The molecule has 0 atom stereocenters. The van der Waals surface area contributed by atoms with Crippen molar-refractivity contribution in [1.82, 2.24) is 0 Å². The maximum absolute atomic E-state index is 2.37. The van der Waals surface area contributed by atoms with Gasteiger partial charge in [-0.1, -0.05) is 115 Å². The molecule has 0 radical (unpaired) electrons. The maximum atomic E-state index is 2.37. The van der Waals surface area contributed by atoms with E-state index in [-0.39, 0.29) is 0 Å². The second kappa shape index (κ2) is 10.5. The zero-order valence-electron chi connectivity index (χ0n) is 19.2. The third-order valence-corrected chi connectivity index (χ3v) is 10.6. The molecule has 5 rings (SSSR count). The van der Waals surface area contributed by atoms with Gasteiger partial charge in [0.05, 0.1) is 6.16 Å². The van der Waals surface area contributed by atoms with E-state index in [2.05, 4.69) is 158 Å². The fraction of sp³-hybridized carbons (Fsp3) is 0.0303. The van der Waals surface area contributed by atoms with Crippen molar-refractivity contribution in [2.75, 3.05) is 6.16 Å². The van der Waals surface area contributed by atoms with Crippen LogP contribution < -0.4 is 15.9 Å². The number of benzene rings is 5. The first kappa shape index (κ1) is 22.1. The van der Waals surface area contributed by atoms with E-state index >= 15 is 0 Å². The van der Waals surface area contributed by atoms with E-state index in [0.29, 0.717) is 0 Å². The smallest absolute Gasteiger partial charge is 0.0622 e. The van der Waals surface area contributed by atoms with Crippen LogP contribution in [0.1, 0.15) is 11.1 Å². The second-order valence-electron chi connectivity index (χ2n) is 8.42. The summed E-state index contributed by atoms with van der Waals surface area (Å²) in [6.07, 6.45) is 3.32. The fourth-order valence-corrected chi connectivity index (χ4v) is 8.92. The van der Waals surface area contributed by atoms with E-state index in [4.69, 9.17) is 0 Å². The first-order valence-electron chi connectivity index (χ1n) is 11.7. The highest BCUT2D eigenvalue weighted by Crippen LogP contribution is 2.57. The summed E-state index contributed by atoms with van der Waals surface area (Å²) in [5, 5.41) is 4.21. The van der Waals surface area contributed by atoms with Crippen molar-refractivity contribution in [1.29, 1.82) is 0 Å². The van der Waals surface area contributed by atoms with Crippen LogP contribution >= 0.6 is 7.26 Å². The molecule has 0 aliphatic heterocycles. The van der Waals surface area contributed by atoms with E-state index in [1.165, 1.54) is 32.6 Å². The summed E-state index contributed by atoms with van der Waals surface area (Å²) in [7, 11) is -1.98. The first-order valence-corrected chi connectivity index (χ1v) is 13.7. The third-order valence-electron chi connectivity index (χ3n) is 6.28. The van der Waals surface area contributed by atoms with Crippen molar-refractivity contribution in [3.63, 3.8) is 0 Å². The minimum absolute atomic E-state index is 0.948. The Labute approximate surface area is 203 Å². The molecule has 0 unspecified atom stereocenters. The van der Waals surface area contributed by atoms with E-state index in [9.17, 15) is 0 Å². The van der Waals surface area contributed by atoms with Gasteiger partial charge in [0.2, 0.25) is 0 Å². The topological polar surface area (TPSA) is 0 Å². The Morgan fingerprint density at radius 3 is 1.21 bits per heavy atom. The van der Waals surface area contributed by atoms with Crippen LogP contribution in [0.15, 0.2) is 152 Å². The van der Waals surface area contributed by atoms with Crippen LogP contribution in [0.4, 0.5) is 0 Å². The minimum Gasteiger partial charge on any atom is -0.0622 e. The molecule has 0 N–H and O–H groups in total. The lowest BCUT2D eigenvalue weighted by Gasteiger charge is -2.29. The zero-order chi connectivity index (χ0) is 23.1. The summed E-state index contributed by atoms with van der Waals surface area (Å²) in [4.78, 5) is 0. The summed E-state index contributed by atoms with van der Waals surface area (Å²) in [6.45, 7) is 0. The van der Waals surface area contributed by atoms with Gasteiger partial charge in [0.25, 0.3) is 0 Å². The summed E-state index contributed by atoms with van der Waals surface area (Å²) >= 11 is 0. The summed E-state index contributed by atoms with van der Waals surface area (Å²) in [5.74, 6) is 0. The standard InChI is InChI=1S/C33H28P/c1-6-16-28(17-7-1)26-30(29-18-8-2-9-19-29)27-34(31-20-10-3-11-21-31,32-22-12-4-13-23-32)33-24-14-5-15-25-33/h1-26H,27H2/q+1/b30-26-. The molecular formula is C33H28P+. The predicted octanol–water partition coefficient (Wildman–Crippen LogP) is 7.22. The molecule has 0 aliphatic rings. The van der Waals surface area contributed by atoms with E-state index in [1.54, 1.807) is 0 Å². The molecule has 0 aromatic heterocycles. The Balaban J connectivity index is 1.78. The SMILES string of the molecule is C(=C(\C[P+](c1ccccc1)(c1ccccc1)c1ccccc1)c1ccccc1)/c1ccccc1. The Kier molecular flexibility index (Phi) is 6.80. The van der Waals surface area contributed by atoms with E-state index in [0.717, 1.165) is 6.16 Å². The molecule has 0 saturated carbocycles. The van der Waals surface area contributed by atoms with E-state index < -0.39 is 7.26 Å². The molecule has 5 aromatic carbocycles. The molecule has 164 valence electrons. The second-order valence-corrected chi connectivity index (χ2v) is 11.9. The van der Waals surface area contributed by atoms with Crippen molar-refractivity contribution >= 4 is 34.8 Å². The molecule has 0 saturated heterocycles. The Hall–Kier alpha value is -3.73. The van der Waals surface area contributed by atoms with Crippen LogP contribution in [0.5, 0.6) is 0 Å². The normalized spacial score (nSPS) is 11.8. The number of hydrogen-bond donors (Lipinski definition) is 0. The van der Waals surface area contributed by atoms with Gasteiger partial charge in [-0.15, -0.1) is 0 Å². The molecule has 34 heavy (non-hydrogen) atoms. The van der Waals surface area contributed by atoms with Crippen molar-refractivity contribution in [3.8, 4) is 0 Å². The maximum Gasteiger partial charge on any atom is 0.116 e. The van der Waals surface area contributed by atoms with Gasteiger partial charge in [-0.3, -0.25) is 0 Å². The lowest BCUT2D eigenvalue weighted by molar-refractivity contribution is 1.56. The number of allylic oxidation sites excluding steroid dienone is 1. The highest BCUT2D eigenvalue weighted by molar-refractivity contribution is 7.96. The monoisotopic (exact) mass is 455 g/mol. The average molecular weight is 456 g/mol. The predicted molar refractivity (Wildman–Crippen MR) is 151 cm³/mol. The average Bonchev–Trinajstić information content (AvgIpc) is 2.93. The van der Waals surface area contributed by atoms with Crippen LogP contribution in [0, 0.1) is 0 Å². The van der Waals surface area contributed by atoms with Crippen molar-refractivity contribution in [2.24, 2.45) is 0 Å². The Morgan fingerprint density at radius 1 is 0.441 bits per heavy atom. The molecule has 1 heteroatoms. The summed E-state index contributed by atoms with van der Waals surface area (Å²) in [5.41, 5.74) is 3.86. The summed E-state index contributed by atoms with van der Waals surface area (Å²) < 4.78 is 0. The van der Waals surface area contributed by atoms with Gasteiger partial charge < -0.3 is 0 Å². The number of rotatable bonds is 7. The summed E-state index contributed by atoms with van der Waals surface area (Å²) in [6, 6.07) is 54.9. The molecule has 0 amide bonds. The highest BCUT2D eigenvalue weighted by atomic mass is 31.2. The Bertz CT molecular complexity index is 1230. The minimum atomic E-state index is -1.98. The van der Waals surface area contributed by atoms with Crippen LogP contribution in [0.25, 0.3) is 11.6 Å². The van der Waals surface area contributed by atoms with Gasteiger partial charge in [0, 0.05) is 0 Å². The quantitative estimate of drug-likeness (QED) is 0.179.